The summed E-state index contributed by atoms with van der Waals surface area (Å²) >= 11 is 0. The maximum Gasteiger partial charge on any atom is 0.407 e. The molecule has 1 heterocycles. The molecule has 40 heavy (non-hydrogen) atoms. The van der Waals surface area contributed by atoms with Gasteiger partial charge in [0.25, 0.3) is 0 Å². The van der Waals surface area contributed by atoms with Gasteiger partial charge >= 0.3 is 6.09 Å². The van der Waals surface area contributed by atoms with Crippen molar-refractivity contribution in [1.29, 1.82) is 0 Å². The number of rotatable bonds is 17. The number of Topliss-reactive ketones (excluding diaryl/α,β-unsaturated/α-hetero) is 1. The lowest BCUT2D eigenvalue weighted by atomic mass is 10.0. The van der Waals surface area contributed by atoms with Crippen LogP contribution in [0, 0.1) is 0 Å². The quantitative estimate of drug-likeness (QED) is 0.163. The lowest BCUT2D eigenvalue weighted by molar-refractivity contribution is -0.129. The maximum absolute atomic E-state index is 13.0. The fourth-order valence-corrected chi connectivity index (χ4v) is 4.25. The van der Waals surface area contributed by atoms with E-state index in [2.05, 4.69) is 20.9 Å². The summed E-state index contributed by atoms with van der Waals surface area (Å²) in [4.78, 5) is 52.1. The maximum atomic E-state index is 13.0. The summed E-state index contributed by atoms with van der Waals surface area (Å²) in [6.07, 6.45) is 4.53. The number of fused-ring (bicyclic) bond motifs is 1. The smallest absolute Gasteiger partial charge is 0.407 e. The second-order valence-corrected chi connectivity index (χ2v) is 9.57. The Morgan fingerprint density at radius 1 is 0.850 bits per heavy atom. The van der Waals surface area contributed by atoms with Crippen LogP contribution in [0.5, 0.6) is 0 Å². The fraction of sp³-hybridized carbons (Fsp3) is 0.400. The van der Waals surface area contributed by atoms with Crippen LogP contribution in [0.25, 0.3) is 10.9 Å². The van der Waals surface area contributed by atoms with Crippen molar-refractivity contribution < 1.29 is 29.0 Å². The normalized spacial score (nSPS) is 11.5. The van der Waals surface area contributed by atoms with Crippen molar-refractivity contribution in [1.82, 2.24) is 20.9 Å². The Morgan fingerprint density at radius 3 is 2.40 bits per heavy atom. The van der Waals surface area contributed by atoms with Crippen molar-refractivity contribution in [3.05, 3.63) is 71.9 Å². The molecule has 10 nitrogen and oxygen atoms in total. The topological polar surface area (TPSA) is 150 Å². The molecule has 0 aliphatic rings. The number of carbonyl (C=O) groups excluding carboxylic acids is 4. The number of aliphatic hydroxyl groups is 1. The number of hydrogen-bond acceptors (Lipinski definition) is 6. The van der Waals surface area contributed by atoms with Gasteiger partial charge < -0.3 is 30.8 Å². The minimum absolute atomic E-state index is 0.134. The van der Waals surface area contributed by atoms with Crippen LogP contribution in [0.1, 0.15) is 49.7 Å². The van der Waals surface area contributed by atoms with Gasteiger partial charge in [-0.1, -0.05) is 55.0 Å². The third-order valence-corrected chi connectivity index (χ3v) is 6.42. The zero-order valence-corrected chi connectivity index (χ0v) is 22.6. The predicted molar refractivity (Wildman–Crippen MR) is 151 cm³/mol. The van der Waals surface area contributed by atoms with Crippen molar-refractivity contribution in [2.75, 3.05) is 19.7 Å². The highest BCUT2D eigenvalue weighted by atomic mass is 16.5. The zero-order chi connectivity index (χ0) is 28.6. The summed E-state index contributed by atoms with van der Waals surface area (Å²) in [7, 11) is 0. The summed E-state index contributed by atoms with van der Waals surface area (Å²) < 4.78 is 5.17. The van der Waals surface area contributed by atoms with Gasteiger partial charge in [-0.15, -0.1) is 0 Å². The Labute approximate surface area is 233 Å². The molecule has 1 aromatic heterocycles. The molecule has 1 atom stereocenters. The largest absolute Gasteiger partial charge is 0.445 e. The molecule has 0 unspecified atom stereocenters. The fourth-order valence-electron chi connectivity index (χ4n) is 4.25. The van der Waals surface area contributed by atoms with Crippen LogP contribution in [0.3, 0.4) is 0 Å². The third kappa shape index (κ3) is 10.5. The van der Waals surface area contributed by atoms with Crippen LogP contribution in [-0.4, -0.2) is 59.5 Å². The number of nitrogens with one attached hydrogen (secondary N) is 4. The SMILES string of the molecule is O=C(CO)CCCCCNC(=O)[C@H](Cc1c[nH]c2ccccc12)NC(=O)CCCNC(=O)OCc1ccccc1. The number of amides is 3. The number of H-pyrrole nitrogens is 1. The van der Waals surface area contributed by atoms with E-state index in [0.29, 0.717) is 38.6 Å². The van der Waals surface area contributed by atoms with E-state index < -0.39 is 18.7 Å². The number of carbonyl (C=O) groups is 4. The lowest BCUT2D eigenvalue weighted by Gasteiger charge is -2.18. The molecule has 5 N–H and O–H groups in total. The van der Waals surface area contributed by atoms with Gasteiger partial charge in [0.2, 0.25) is 11.8 Å². The molecular formula is C30H38N4O6. The first-order valence-corrected chi connectivity index (χ1v) is 13.7. The molecule has 214 valence electrons. The van der Waals surface area contributed by atoms with Gasteiger partial charge in [0, 0.05) is 49.5 Å². The number of aromatic amines is 1. The van der Waals surface area contributed by atoms with Crippen LogP contribution < -0.4 is 16.0 Å². The van der Waals surface area contributed by atoms with Gasteiger partial charge in [0.05, 0.1) is 0 Å². The molecule has 0 spiro atoms. The Kier molecular flexibility index (Phi) is 12.7. The van der Waals surface area contributed by atoms with E-state index in [1.165, 1.54) is 0 Å². The molecule has 0 aliphatic heterocycles. The van der Waals surface area contributed by atoms with Crippen LogP contribution in [0.4, 0.5) is 4.79 Å². The van der Waals surface area contributed by atoms with E-state index in [1.54, 1.807) is 0 Å². The number of benzene rings is 2. The van der Waals surface area contributed by atoms with E-state index in [1.807, 2.05) is 60.8 Å². The van der Waals surface area contributed by atoms with Crippen LogP contribution >= 0.6 is 0 Å². The van der Waals surface area contributed by atoms with Gasteiger partial charge in [-0.3, -0.25) is 14.4 Å². The minimum Gasteiger partial charge on any atom is -0.445 e. The van der Waals surface area contributed by atoms with E-state index in [9.17, 15) is 19.2 Å². The number of ether oxygens (including phenoxy) is 1. The number of para-hydroxylation sites is 1. The molecule has 10 heteroatoms. The summed E-state index contributed by atoms with van der Waals surface area (Å²) in [5.41, 5.74) is 2.75. The van der Waals surface area contributed by atoms with Crippen molar-refractivity contribution in [2.24, 2.45) is 0 Å². The van der Waals surface area contributed by atoms with Gasteiger partial charge in [0.1, 0.15) is 19.3 Å². The number of alkyl carbamates (subject to hydrolysis) is 1. The van der Waals surface area contributed by atoms with E-state index in [4.69, 9.17) is 9.84 Å². The third-order valence-electron chi connectivity index (χ3n) is 6.42. The first-order valence-electron chi connectivity index (χ1n) is 13.7. The second kappa shape index (κ2) is 16.7. The monoisotopic (exact) mass is 550 g/mol. The number of ketones is 1. The number of hydrogen-bond donors (Lipinski definition) is 5. The van der Waals surface area contributed by atoms with Crippen molar-refractivity contribution >= 4 is 34.6 Å². The Balaban J connectivity index is 1.45. The Bertz CT molecular complexity index is 1240. The minimum atomic E-state index is -0.772. The van der Waals surface area contributed by atoms with Crippen molar-refractivity contribution in [3.8, 4) is 0 Å². The van der Waals surface area contributed by atoms with Crippen LogP contribution in [0.2, 0.25) is 0 Å². The molecule has 0 fully saturated rings. The van der Waals surface area contributed by atoms with Gasteiger partial charge in [-0.25, -0.2) is 4.79 Å². The number of aliphatic hydroxyl groups excluding tert-OH is 1. The van der Waals surface area contributed by atoms with Crippen molar-refractivity contribution in [2.45, 2.75) is 57.6 Å². The van der Waals surface area contributed by atoms with E-state index in [0.717, 1.165) is 28.5 Å². The van der Waals surface area contributed by atoms with Crippen LogP contribution in [0.15, 0.2) is 60.8 Å². The standard InChI is InChI=1S/C30H38N4O6/c35-20-24(36)12-5-2-8-16-31-29(38)27(18-23-19-33-26-14-7-6-13-25(23)26)34-28(37)15-9-17-32-30(39)40-21-22-10-3-1-4-11-22/h1,3-4,6-7,10-11,13-14,19,27,33,35H,2,5,8-9,12,15-18,20-21H2,(H,31,38)(H,32,39)(H,34,37)/t27-/m0/s1. The average Bonchev–Trinajstić information content (AvgIpc) is 3.38. The van der Waals surface area contributed by atoms with E-state index in [-0.39, 0.29) is 37.2 Å². The lowest BCUT2D eigenvalue weighted by Crippen LogP contribution is -2.48. The summed E-state index contributed by atoms with van der Waals surface area (Å²) in [6, 6.07) is 16.3. The molecule has 0 radical (unpaired) electrons. The van der Waals surface area contributed by atoms with Crippen molar-refractivity contribution in [3.63, 3.8) is 0 Å². The summed E-state index contributed by atoms with van der Waals surface area (Å²) in [6.45, 7) is 0.402. The molecule has 2 aromatic carbocycles. The molecule has 0 aliphatic carbocycles. The molecular weight excluding hydrogens is 512 g/mol. The highest BCUT2D eigenvalue weighted by molar-refractivity contribution is 5.89. The summed E-state index contributed by atoms with van der Waals surface area (Å²) in [5.74, 6) is -0.764. The molecule has 0 saturated heterocycles. The Hall–Kier alpha value is -4.18. The van der Waals surface area contributed by atoms with E-state index >= 15 is 0 Å². The highest BCUT2D eigenvalue weighted by Gasteiger charge is 2.22. The summed E-state index contributed by atoms with van der Waals surface area (Å²) in [5, 5.41) is 18.2. The number of aromatic nitrogens is 1. The zero-order valence-electron chi connectivity index (χ0n) is 22.6. The molecule has 0 bridgehead atoms. The molecule has 3 amide bonds. The second-order valence-electron chi connectivity index (χ2n) is 9.57. The van der Waals surface area contributed by atoms with Gasteiger partial charge in [-0.2, -0.15) is 0 Å². The molecule has 3 rings (SSSR count). The van der Waals surface area contributed by atoms with Gasteiger partial charge in [-0.05, 0) is 36.5 Å². The number of unbranched alkanes of at least 4 members (excludes halogenated alkanes) is 2. The Morgan fingerprint density at radius 2 is 1.60 bits per heavy atom. The molecule has 0 saturated carbocycles. The average molecular weight is 551 g/mol. The van der Waals surface area contributed by atoms with Crippen LogP contribution in [-0.2, 0) is 32.1 Å². The first kappa shape index (κ1) is 30.4. The van der Waals surface area contributed by atoms with Gasteiger partial charge in [0.15, 0.2) is 5.78 Å². The highest BCUT2D eigenvalue weighted by Crippen LogP contribution is 2.19. The molecule has 3 aromatic rings. The first-order chi connectivity index (χ1) is 19.5. The predicted octanol–water partition coefficient (Wildman–Crippen LogP) is 3.14.